The van der Waals surface area contributed by atoms with Crippen molar-refractivity contribution in [3.05, 3.63) is 54.4 Å². The van der Waals surface area contributed by atoms with Crippen LogP contribution in [0.5, 0.6) is 5.75 Å². The van der Waals surface area contributed by atoms with Gasteiger partial charge in [0.2, 0.25) is 11.8 Å². The Morgan fingerprint density at radius 2 is 1.92 bits per heavy atom. The molecule has 0 spiro atoms. The molecule has 1 aromatic heterocycles. The molecule has 126 valence electrons. The van der Waals surface area contributed by atoms with Crippen LogP contribution in [0.25, 0.3) is 0 Å². The summed E-state index contributed by atoms with van der Waals surface area (Å²) in [6.07, 6.45) is 1.88. The van der Waals surface area contributed by atoms with Crippen LogP contribution in [0.4, 0.5) is 5.69 Å². The average Bonchev–Trinajstić information content (AvgIpc) is 2.59. The summed E-state index contributed by atoms with van der Waals surface area (Å²) < 4.78 is 5.20. The van der Waals surface area contributed by atoms with Crippen LogP contribution in [0.2, 0.25) is 0 Å². The summed E-state index contributed by atoms with van der Waals surface area (Å²) >= 11 is 0. The third-order valence-electron chi connectivity index (χ3n) is 3.51. The average molecular weight is 327 g/mol. The summed E-state index contributed by atoms with van der Waals surface area (Å²) in [5, 5.41) is 2.80. The van der Waals surface area contributed by atoms with Gasteiger partial charge in [-0.1, -0.05) is 18.2 Å². The molecule has 2 amide bonds. The zero-order chi connectivity index (χ0) is 17.4. The van der Waals surface area contributed by atoms with Gasteiger partial charge in [-0.25, -0.2) is 0 Å². The van der Waals surface area contributed by atoms with Crippen LogP contribution < -0.4 is 10.1 Å². The molecule has 0 bridgehead atoms. The van der Waals surface area contributed by atoms with E-state index in [0.717, 1.165) is 5.69 Å². The lowest BCUT2D eigenvalue weighted by Gasteiger charge is -2.20. The molecular formula is C18H21N3O3. The zero-order valence-corrected chi connectivity index (χ0v) is 13.9. The van der Waals surface area contributed by atoms with Gasteiger partial charge < -0.3 is 15.0 Å². The minimum absolute atomic E-state index is 0.0919. The van der Waals surface area contributed by atoms with Crippen molar-refractivity contribution in [1.82, 2.24) is 9.88 Å². The van der Waals surface area contributed by atoms with E-state index in [1.165, 1.54) is 6.92 Å². The zero-order valence-electron chi connectivity index (χ0n) is 13.9. The second-order valence-corrected chi connectivity index (χ2v) is 5.26. The number of carbonyl (C=O) groups is 2. The quantitative estimate of drug-likeness (QED) is 0.848. The van der Waals surface area contributed by atoms with Crippen molar-refractivity contribution < 1.29 is 14.3 Å². The molecule has 0 saturated heterocycles. The topological polar surface area (TPSA) is 71.5 Å². The smallest absolute Gasteiger partial charge is 0.226 e. The number of pyridine rings is 1. The number of hydrogen-bond donors (Lipinski definition) is 1. The van der Waals surface area contributed by atoms with E-state index in [-0.39, 0.29) is 18.2 Å². The molecule has 0 saturated carbocycles. The Bertz CT molecular complexity index is 689. The van der Waals surface area contributed by atoms with Gasteiger partial charge in [-0.2, -0.15) is 0 Å². The van der Waals surface area contributed by atoms with Crippen LogP contribution in [0.3, 0.4) is 0 Å². The van der Waals surface area contributed by atoms with Crippen molar-refractivity contribution >= 4 is 17.5 Å². The fourth-order valence-corrected chi connectivity index (χ4v) is 2.23. The Labute approximate surface area is 141 Å². The van der Waals surface area contributed by atoms with Crippen molar-refractivity contribution in [1.29, 1.82) is 0 Å². The van der Waals surface area contributed by atoms with Gasteiger partial charge in [0.15, 0.2) is 0 Å². The Hall–Kier alpha value is -2.89. The van der Waals surface area contributed by atoms with Crippen molar-refractivity contribution in [2.75, 3.05) is 19.0 Å². The number of hydrogen-bond acceptors (Lipinski definition) is 4. The fourth-order valence-electron chi connectivity index (χ4n) is 2.23. The number of methoxy groups -OCH3 is 1. The first kappa shape index (κ1) is 17.5. The number of nitrogens with one attached hydrogen (secondary N) is 1. The molecule has 2 aromatic rings. The Morgan fingerprint density at radius 3 is 2.58 bits per heavy atom. The maximum absolute atomic E-state index is 12.1. The second-order valence-electron chi connectivity index (χ2n) is 5.26. The van der Waals surface area contributed by atoms with Gasteiger partial charge in [0.1, 0.15) is 5.75 Å². The minimum atomic E-state index is -0.174. The van der Waals surface area contributed by atoms with E-state index in [1.807, 2.05) is 30.3 Å². The maximum Gasteiger partial charge on any atom is 0.226 e. The minimum Gasteiger partial charge on any atom is -0.495 e. The predicted molar refractivity (Wildman–Crippen MR) is 91.6 cm³/mol. The van der Waals surface area contributed by atoms with Crippen molar-refractivity contribution in [3.8, 4) is 5.75 Å². The standard InChI is InChI=1S/C18H21N3O3/c1-14(22)21(13-15-7-5-6-11-19-15)12-10-18(23)20-16-8-3-4-9-17(16)24-2/h3-9,11H,10,12-13H2,1-2H3,(H,20,23). The van der Waals surface area contributed by atoms with Gasteiger partial charge in [-0.05, 0) is 24.3 Å². The number of benzene rings is 1. The van der Waals surface area contributed by atoms with Crippen LogP contribution in [-0.4, -0.2) is 35.4 Å². The van der Waals surface area contributed by atoms with E-state index in [9.17, 15) is 9.59 Å². The fraction of sp³-hybridized carbons (Fsp3) is 0.278. The number of aromatic nitrogens is 1. The van der Waals surface area contributed by atoms with Crippen LogP contribution in [-0.2, 0) is 16.1 Å². The second kappa shape index (κ2) is 8.67. The van der Waals surface area contributed by atoms with Crippen LogP contribution in [0.1, 0.15) is 19.0 Å². The van der Waals surface area contributed by atoms with E-state index in [2.05, 4.69) is 10.3 Å². The summed E-state index contributed by atoms with van der Waals surface area (Å²) in [6.45, 7) is 2.20. The first-order valence-corrected chi connectivity index (χ1v) is 7.68. The number of rotatable bonds is 7. The van der Waals surface area contributed by atoms with Gasteiger partial charge in [0, 0.05) is 26.1 Å². The molecule has 2 rings (SSSR count). The van der Waals surface area contributed by atoms with Crippen molar-refractivity contribution in [2.24, 2.45) is 0 Å². The first-order chi connectivity index (χ1) is 11.6. The summed E-state index contributed by atoms with van der Waals surface area (Å²) in [5.74, 6) is 0.334. The molecular weight excluding hydrogens is 306 g/mol. The SMILES string of the molecule is COc1ccccc1NC(=O)CCN(Cc1ccccn1)C(C)=O. The Balaban J connectivity index is 1.91. The molecule has 24 heavy (non-hydrogen) atoms. The van der Waals surface area contributed by atoms with Crippen molar-refractivity contribution in [2.45, 2.75) is 19.9 Å². The molecule has 1 aromatic carbocycles. The monoisotopic (exact) mass is 327 g/mol. The van der Waals surface area contributed by atoms with E-state index >= 15 is 0 Å². The van der Waals surface area contributed by atoms with Gasteiger partial charge in [0.25, 0.3) is 0 Å². The molecule has 0 aliphatic heterocycles. The van der Waals surface area contributed by atoms with Gasteiger partial charge in [0.05, 0.1) is 25.0 Å². The molecule has 0 fully saturated rings. The predicted octanol–water partition coefficient (Wildman–Crippen LogP) is 2.47. The molecule has 0 aliphatic carbocycles. The van der Waals surface area contributed by atoms with Crippen LogP contribution in [0.15, 0.2) is 48.7 Å². The summed E-state index contributed by atoms with van der Waals surface area (Å²) in [6, 6.07) is 12.7. The molecule has 1 N–H and O–H groups in total. The highest BCUT2D eigenvalue weighted by Crippen LogP contribution is 2.23. The van der Waals surface area contributed by atoms with E-state index in [4.69, 9.17) is 4.74 Å². The largest absolute Gasteiger partial charge is 0.495 e. The molecule has 6 nitrogen and oxygen atoms in total. The summed E-state index contributed by atoms with van der Waals surface area (Å²) in [4.78, 5) is 29.7. The van der Waals surface area contributed by atoms with Crippen LogP contribution >= 0.6 is 0 Å². The highest BCUT2D eigenvalue weighted by molar-refractivity contribution is 5.92. The third-order valence-corrected chi connectivity index (χ3v) is 3.51. The van der Waals surface area contributed by atoms with Gasteiger partial charge >= 0.3 is 0 Å². The number of amides is 2. The molecule has 0 unspecified atom stereocenters. The molecule has 0 radical (unpaired) electrons. The molecule has 0 atom stereocenters. The van der Waals surface area contributed by atoms with Crippen LogP contribution in [0, 0.1) is 0 Å². The lowest BCUT2D eigenvalue weighted by atomic mass is 10.2. The molecule has 6 heteroatoms. The van der Waals surface area contributed by atoms with E-state index < -0.39 is 0 Å². The highest BCUT2D eigenvalue weighted by atomic mass is 16.5. The molecule has 0 aliphatic rings. The van der Waals surface area contributed by atoms with E-state index in [1.54, 1.807) is 30.3 Å². The number of carbonyl (C=O) groups excluding carboxylic acids is 2. The van der Waals surface area contributed by atoms with Gasteiger partial charge in [-0.15, -0.1) is 0 Å². The number of anilines is 1. The summed E-state index contributed by atoms with van der Waals surface area (Å²) in [5.41, 5.74) is 1.40. The maximum atomic E-state index is 12.1. The Kier molecular flexibility index (Phi) is 6.31. The molecule has 1 heterocycles. The van der Waals surface area contributed by atoms with Crippen molar-refractivity contribution in [3.63, 3.8) is 0 Å². The first-order valence-electron chi connectivity index (χ1n) is 7.68. The number of ether oxygens (including phenoxy) is 1. The highest BCUT2D eigenvalue weighted by Gasteiger charge is 2.13. The normalized spacial score (nSPS) is 10.1. The lowest BCUT2D eigenvalue weighted by Crippen LogP contribution is -2.31. The summed E-state index contributed by atoms with van der Waals surface area (Å²) in [7, 11) is 1.55. The number of nitrogens with zero attached hydrogens (tertiary/aromatic N) is 2. The lowest BCUT2D eigenvalue weighted by molar-refractivity contribution is -0.130. The van der Waals surface area contributed by atoms with E-state index in [0.29, 0.717) is 24.5 Å². The Morgan fingerprint density at radius 1 is 1.17 bits per heavy atom. The van der Waals surface area contributed by atoms with Gasteiger partial charge in [-0.3, -0.25) is 14.6 Å². The third kappa shape index (κ3) is 5.08. The number of para-hydroxylation sites is 2.